The van der Waals surface area contributed by atoms with Crippen LogP contribution in [0.15, 0.2) is 45.8 Å². The lowest BCUT2D eigenvalue weighted by atomic mass is 10.0. The second kappa shape index (κ2) is 10.7. The molecule has 0 aliphatic carbocycles. The Bertz CT molecular complexity index is 756. The lowest BCUT2D eigenvalue weighted by Crippen LogP contribution is -2.40. The van der Waals surface area contributed by atoms with Crippen LogP contribution in [0.4, 0.5) is 0 Å². The van der Waals surface area contributed by atoms with Gasteiger partial charge in [-0.1, -0.05) is 18.2 Å². The summed E-state index contributed by atoms with van der Waals surface area (Å²) in [5.74, 6) is 2.70. The first-order valence-electron chi connectivity index (χ1n) is 9.47. The molecule has 7 heteroatoms. The molecule has 1 aromatic heterocycles. The minimum atomic E-state index is -1.17. The molecule has 0 saturated carbocycles. The second-order valence-electron chi connectivity index (χ2n) is 6.67. The fraction of sp³-hybridized carbons (Fsp3) is 0.476. The summed E-state index contributed by atoms with van der Waals surface area (Å²) in [5.41, 5.74) is -0.160. The molecule has 154 valence electrons. The predicted molar refractivity (Wildman–Crippen MR) is 110 cm³/mol. The van der Waals surface area contributed by atoms with E-state index in [4.69, 9.17) is 13.9 Å². The van der Waals surface area contributed by atoms with Gasteiger partial charge >= 0.3 is 0 Å². The number of hydrogen-bond acceptors (Lipinski definition) is 5. The number of aliphatic imine (C=N–C) groups is 1. The number of guanidine groups is 1. The molecule has 2 rings (SSSR count). The van der Waals surface area contributed by atoms with Crippen molar-refractivity contribution < 1.29 is 19.0 Å². The zero-order chi connectivity index (χ0) is 20.4. The number of rotatable bonds is 10. The number of methoxy groups -OCH3 is 1. The second-order valence-corrected chi connectivity index (χ2v) is 6.67. The van der Waals surface area contributed by atoms with Crippen molar-refractivity contribution in [1.29, 1.82) is 0 Å². The van der Waals surface area contributed by atoms with E-state index in [2.05, 4.69) is 15.6 Å². The van der Waals surface area contributed by atoms with Gasteiger partial charge in [-0.2, -0.15) is 0 Å². The highest BCUT2D eigenvalue weighted by molar-refractivity contribution is 5.79. The quantitative estimate of drug-likeness (QED) is 0.329. The Kier molecular flexibility index (Phi) is 8.35. The van der Waals surface area contributed by atoms with E-state index >= 15 is 0 Å². The first-order chi connectivity index (χ1) is 13.5. The highest BCUT2D eigenvalue weighted by Gasteiger charge is 2.26. The van der Waals surface area contributed by atoms with Crippen LogP contribution < -0.4 is 15.4 Å². The molecular weight excluding hydrogens is 358 g/mol. The summed E-state index contributed by atoms with van der Waals surface area (Å²) in [6, 6.07) is 11.4. The van der Waals surface area contributed by atoms with Crippen LogP contribution in [0.5, 0.6) is 5.75 Å². The molecule has 0 spiro atoms. The fourth-order valence-electron chi connectivity index (χ4n) is 2.62. The van der Waals surface area contributed by atoms with Crippen LogP contribution in [0.2, 0.25) is 0 Å². The van der Waals surface area contributed by atoms with Crippen molar-refractivity contribution in [2.75, 3.05) is 33.4 Å². The van der Waals surface area contributed by atoms with E-state index in [1.54, 1.807) is 20.1 Å². The predicted octanol–water partition coefficient (Wildman–Crippen LogP) is 2.58. The van der Waals surface area contributed by atoms with Crippen molar-refractivity contribution in [3.63, 3.8) is 0 Å². The van der Waals surface area contributed by atoms with Gasteiger partial charge in [-0.3, -0.25) is 0 Å². The summed E-state index contributed by atoms with van der Waals surface area (Å²) in [7, 11) is 1.65. The molecule has 0 saturated heterocycles. The summed E-state index contributed by atoms with van der Waals surface area (Å²) < 4.78 is 16.6. The van der Waals surface area contributed by atoms with E-state index in [1.807, 2.05) is 44.2 Å². The van der Waals surface area contributed by atoms with Crippen LogP contribution in [-0.2, 0) is 16.9 Å². The van der Waals surface area contributed by atoms with Crippen LogP contribution >= 0.6 is 0 Å². The van der Waals surface area contributed by atoms with Crippen molar-refractivity contribution in [2.24, 2.45) is 4.99 Å². The molecule has 1 aromatic carbocycles. The standard InChI is InChI=1S/C21H31N3O4/c1-5-22-20(24-15-21(3,25)19-11-10-16(2)28-19)23-12-13-27-14-17-8-6-7-9-18(17)26-4/h6-11,25H,5,12-15H2,1-4H3,(H2,22,23,24). The van der Waals surface area contributed by atoms with E-state index in [1.165, 1.54) is 0 Å². The number of nitrogens with zero attached hydrogens (tertiary/aromatic N) is 1. The largest absolute Gasteiger partial charge is 0.496 e. The molecule has 0 fully saturated rings. The summed E-state index contributed by atoms with van der Waals surface area (Å²) in [6.45, 7) is 8.00. The Morgan fingerprint density at radius 1 is 1.21 bits per heavy atom. The van der Waals surface area contributed by atoms with Gasteiger partial charge in [0.05, 0.1) is 26.9 Å². The Morgan fingerprint density at radius 3 is 2.68 bits per heavy atom. The van der Waals surface area contributed by atoms with E-state index in [9.17, 15) is 5.11 Å². The molecule has 1 heterocycles. The highest BCUT2D eigenvalue weighted by atomic mass is 16.5. The van der Waals surface area contributed by atoms with Crippen molar-refractivity contribution in [3.8, 4) is 5.75 Å². The van der Waals surface area contributed by atoms with Crippen LogP contribution in [0.1, 0.15) is 30.9 Å². The van der Waals surface area contributed by atoms with E-state index in [0.29, 0.717) is 31.5 Å². The molecule has 0 aliphatic rings. The third-order valence-electron chi connectivity index (χ3n) is 4.15. The van der Waals surface area contributed by atoms with Gasteiger partial charge < -0.3 is 29.6 Å². The van der Waals surface area contributed by atoms with Gasteiger partial charge in [-0.15, -0.1) is 0 Å². The van der Waals surface area contributed by atoms with Gasteiger partial charge in [-0.05, 0) is 39.0 Å². The zero-order valence-electron chi connectivity index (χ0n) is 17.1. The minimum Gasteiger partial charge on any atom is -0.496 e. The van der Waals surface area contributed by atoms with Gasteiger partial charge in [0.1, 0.15) is 22.9 Å². The highest BCUT2D eigenvalue weighted by Crippen LogP contribution is 2.23. The van der Waals surface area contributed by atoms with Crippen LogP contribution in [0, 0.1) is 6.92 Å². The maximum absolute atomic E-state index is 10.6. The van der Waals surface area contributed by atoms with E-state index < -0.39 is 5.60 Å². The molecule has 3 N–H and O–H groups in total. The smallest absolute Gasteiger partial charge is 0.191 e. The lowest BCUT2D eigenvalue weighted by molar-refractivity contribution is 0.0428. The van der Waals surface area contributed by atoms with Gasteiger partial charge in [0.2, 0.25) is 0 Å². The molecule has 2 aromatic rings. The summed E-state index contributed by atoms with van der Waals surface area (Å²) in [5, 5.41) is 17.0. The van der Waals surface area contributed by atoms with E-state index in [0.717, 1.165) is 23.6 Å². The van der Waals surface area contributed by atoms with Crippen LogP contribution in [-0.4, -0.2) is 44.4 Å². The van der Waals surface area contributed by atoms with Crippen LogP contribution in [0.25, 0.3) is 0 Å². The molecular formula is C21H31N3O4. The van der Waals surface area contributed by atoms with Gasteiger partial charge in [0, 0.05) is 18.7 Å². The third-order valence-corrected chi connectivity index (χ3v) is 4.15. The molecule has 0 radical (unpaired) electrons. The molecule has 0 amide bonds. The number of ether oxygens (including phenoxy) is 2. The average Bonchev–Trinajstić information content (AvgIpc) is 3.13. The van der Waals surface area contributed by atoms with Crippen molar-refractivity contribution in [2.45, 2.75) is 33.0 Å². The third kappa shape index (κ3) is 6.58. The zero-order valence-corrected chi connectivity index (χ0v) is 17.1. The summed E-state index contributed by atoms with van der Waals surface area (Å²) >= 11 is 0. The molecule has 0 aliphatic heterocycles. The Balaban J connectivity index is 1.81. The van der Waals surface area contributed by atoms with Crippen molar-refractivity contribution in [3.05, 3.63) is 53.5 Å². The number of aryl methyl sites for hydroxylation is 1. The molecule has 7 nitrogen and oxygen atoms in total. The van der Waals surface area contributed by atoms with Crippen LogP contribution in [0.3, 0.4) is 0 Å². The van der Waals surface area contributed by atoms with Gasteiger partial charge in [0.25, 0.3) is 0 Å². The SMILES string of the molecule is CCNC(=NCC(C)(O)c1ccc(C)o1)NCCOCc1ccccc1OC. The maximum Gasteiger partial charge on any atom is 0.191 e. The average molecular weight is 389 g/mol. The number of nitrogens with one attached hydrogen (secondary N) is 2. The molecule has 1 unspecified atom stereocenters. The number of furan rings is 1. The van der Waals surface area contributed by atoms with E-state index in [-0.39, 0.29) is 6.54 Å². The minimum absolute atomic E-state index is 0.178. The van der Waals surface area contributed by atoms with Crippen molar-refractivity contribution >= 4 is 5.96 Å². The fourth-order valence-corrected chi connectivity index (χ4v) is 2.62. The number of hydrogen-bond donors (Lipinski definition) is 3. The normalized spacial score (nSPS) is 13.8. The monoisotopic (exact) mass is 389 g/mol. The Morgan fingerprint density at radius 2 is 2.00 bits per heavy atom. The number of aliphatic hydroxyl groups is 1. The Labute approximate surface area is 166 Å². The van der Waals surface area contributed by atoms with Gasteiger partial charge in [-0.25, -0.2) is 4.99 Å². The number of para-hydroxylation sites is 1. The number of benzene rings is 1. The summed E-state index contributed by atoms with van der Waals surface area (Å²) in [6.07, 6.45) is 0. The molecule has 1 atom stereocenters. The maximum atomic E-state index is 10.6. The summed E-state index contributed by atoms with van der Waals surface area (Å²) in [4.78, 5) is 4.46. The van der Waals surface area contributed by atoms with Gasteiger partial charge in [0.15, 0.2) is 5.96 Å². The van der Waals surface area contributed by atoms with Crippen molar-refractivity contribution in [1.82, 2.24) is 10.6 Å². The molecule has 28 heavy (non-hydrogen) atoms. The molecule has 0 bridgehead atoms. The first kappa shape index (κ1) is 21.8. The first-order valence-corrected chi connectivity index (χ1v) is 9.47. The lowest BCUT2D eigenvalue weighted by Gasteiger charge is -2.19. The topological polar surface area (TPSA) is 88.3 Å². The Hall–Kier alpha value is -2.51.